The normalized spacial score (nSPS) is 22.9. The van der Waals surface area contributed by atoms with Crippen LogP contribution in [-0.2, 0) is 9.59 Å². The van der Waals surface area contributed by atoms with Crippen LogP contribution in [-0.4, -0.2) is 36.4 Å². The summed E-state index contributed by atoms with van der Waals surface area (Å²) in [4.78, 5) is 21.7. The highest BCUT2D eigenvalue weighted by Crippen LogP contribution is 2.00. The Bertz CT molecular complexity index is 196. The maximum Gasteiger partial charge on any atom is 0.244 e. The van der Waals surface area contributed by atoms with Gasteiger partial charge in [0.25, 0.3) is 0 Å². The average molecular weight is 188 g/mol. The third kappa shape index (κ3) is 2.49. The molecule has 1 aliphatic heterocycles. The van der Waals surface area contributed by atoms with Crippen molar-refractivity contribution in [1.82, 2.24) is 10.6 Å². The van der Waals surface area contributed by atoms with E-state index in [1.807, 2.05) is 6.26 Å². The summed E-state index contributed by atoms with van der Waals surface area (Å²) in [6.07, 6.45) is 2.29. The van der Waals surface area contributed by atoms with Gasteiger partial charge in [0.2, 0.25) is 11.8 Å². The molecule has 0 aromatic rings. The average Bonchev–Trinajstić information content (AvgIpc) is 2.31. The summed E-state index contributed by atoms with van der Waals surface area (Å²) in [6, 6.07) is -0.301. The quantitative estimate of drug-likeness (QED) is 0.455. The molecule has 0 saturated carbocycles. The standard InChI is InChI=1S/C7H12N2O2S/c1-12-3-2-8-5-4-6(10)9-7(5)11/h5,8H,2-4H2,1H3,(H,9,10,11). The van der Waals surface area contributed by atoms with Gasteiger partial charge in [0.05, 0.1) is 12.5 Å². The number of hydrogen-bond donors (Lipinski definition) is 2. The third-order valence-corrected chi connectivity index (χ3v) is 2.28. The van der Waals surface area contributed by atoms with Crippen molar-refractivity contribution < 1.29 is 9.59 Å². The molecular formula is C7H12N2O2S. The van der Waals surface area contributed by atoms with Crippen LogP contribution >= 0.6 is 11.8 Å². The largest absolute Gasteiger partial charge is 0.305 e. The summed E-state index contributed by atoms with van der Waals surface area (Å²) in [5.41, 5.74) is 0. The van der Waals surface area contributed by atoms with E-state index in [9.17, 15) is 9.59 Å². The lowest BCUT2D eigenvalue weighted by molar-refractivity contribution is -0.125. The smallest absolute Gasteiger partial charge is 0.244 e. The Balaban J connectivity index is 2.24. The molecule has 1 atom stereocenters. The first-order chi connectivity index (χ1) is 5.74. The summed E-state index contributed by atoms with van der Waals surface area (Å²) < 4.78 is 0. The van der Waals surface area contributed by atoms with E-state index in [1.54, 1.807) is 11.8 Å². The third-order valence-electron chi connectivity index (χ3n) is 1.67. The molecule has 2 N–H and O–H groups in total. The second-order valence-electron chi connectivity index (χ2n) is 2.62. The highest BCUT2D eigenvalue weighted by atomic mass is 32.2. The minimum absolute atomic E-state index is 0.179. The topological polar surface area (TPSA) is 58.2 Å². The molecule has 1 heterocycles. The van der Waals surface area contributed by atoms with Crippen molar-refractivity contribution in [1.29, 1.82) is 0 Å². The minimum atomic E-state index is -0.301. The Morgan fingerprint density at radius 3 is 2.92 bits per heavy atom. The van der Waals surface area contributed by atoms with Gasteiger partial charge in [-0.3, -0.25) is 14.9 Å². The first-order valence-corrected chi connectivity index (χ1v) is 5.19. The SMILES string of the molecule is CSCCNC1CC(=O)NC1=O. The molecule has 1 saturated heterocycles. The molecule has 0 aliphatic carbocycles. The van der Waals surface area contributed by atoms with Crippen molar-refractivity contribution >= 4 is 23.6 Å². The van der Waals surface area contributed by atoms with Gasteiger partial charge < -0.3 is 5.32 Å². The Kier molecular flexibility index (Phi) is 3.55. The molecule has 0 aromatic carbocycles. The number of carbonyl (C=O) groups excluding carboxylic acids is 2. The van der Waals surface area contributed by atoms with Gasteiger partial charge in [-0.25, -0.2) is 0 Å². The predicted molar refractivity (Wildman–Crippen MR) is 47.9 cm³/mol. The van der Waals surface area contributed by atoms with Crippen molar-refractivity contribution in [3.63, 3.8) is 0 Å². The zero-order valence-electron chi connectivity index (χ0n) is 6.92. The molecule has 1 unspecified atom stereocenters. The summed E-state index contributed by atoms with van der Waals surface area (Å²) >= 11 is 1.71. The second-order valence-corrected chi connectivity index (χ2v) is 3.60. The monoisotopic (exact) mass is 188 g/mol. The van der Waals surface area contributed by atoms with Crippen LogP contribution in [0.4, 0.5) is 0 Å². The highest BCUT2D eigenvalue weighted by Gasteiger charge is 2.29. The van der Waals surface area contributed by atoms with Gasteiger partial charge in [-0.1, -0.05) is 0 Å². The van der Waals surface area contributed by atoms with Crippen LogP contribution < -0.4 is 10.6 Å². The molecule has 0 bridgehead atoms. The Hall–Kier alpha value is -0.550. The zero-order valence-corrected chi connectivity index (χ0v) is 7.74. The summed E-state index contributed by atoms with van der Waals surface area (Å²) in [5.74, 6) is 0.584. The number of hydrogen-bond acceptors (Lipinski definition) is 4. The molecule has 5 heteroatoms. The van der Waals surface area contributed by atoms with Crippen LogP contribution in [0, 0.1) is 0 Å². The maximum absolute atomic E-state index is 11.0. The van der Waals surface area contributed by atoms with Crippen molar-refractivity contribution in [2.45, 2.75) is 12.5 Å². The van der Waals surface area contributed by atoms with Gasteiger partial charge in [0.1, 0.15) is 0 Å². The zero-order chi connectivity index (χ0) is 8.97. The summed E-state index contributed by atoms with van der Waals surface area (Å²) in [6.45, 7) is 0.770. The van der Waals surface area contributed by atoms with Crippen LogP contribution in [0.15, 0.2) is 0 Å². The van der Waals surface area contributed by atoms with Crippen LogP contribution in [0.25, 0.3) is 0 Å². The van der Waals surface area contributed by atoms with E-state index in [-0.39, 0.29) is 24.3 Å². The van der Waals surface area contributed by atoms with Crippen molar-refractivity contribution in [3.05, 3.63) is 0 Å². The number of imide groups is 1. The van der Waals surface area contributed by atoms with Crippen molar-refractivity contribution in [2.24, 2.45) is 0 Å². The van der Waals surface area contributed by atoms with Crippen molar-refractivity contribution in [3.8, 4) is 0 Å². The first-order valence-electron chi connectivity index (χ1n) is 3.80. The van der Waals surface area contributed by atoms with E-state index in [1.165, 1.54) is 0 Å². The van der Waals surface area contributed by atoms with E-state index < -0.39 is 0 Å². The lowest BCUT2D eigenvalue weighted by Gasteiger charge is -2.06. The van der Waals surface area contributed by atoms with Crippen LogP contribution in [0.5, 0.6) is 0 Å². The minimum Gasteiger partial charge on any atom is -0.305 e. The number of rotatable bonds is 4. The van der Waals surface area contributed by atoms with E-state index >= 15 is 0 Å². The molecule has 0 aromatic heterocycles. The van der Waals surface area contributed by atoms with Gasteiger partial charge in [0, 0.05) is 12.3 Å². The van der Waals surface area contributed by atoms with Gasteiger partial charge in [0.15, 0.2) is 0 Å². The summed E-state index contributed by atoms with van der Waals surface area (Å²) in [5, 5.41) is 5.26. The fourth-order valence-corrected chi connectivity index (χ4v) is 1.38. The van der Waals surface area contributed by atoms with Crippen LogP contribution in [0.3, 0.4) is 0 Å². The molecule has 1 rings (SSSR count). The highest BCUT2D eigenvalue weighted by molar-refractivity contribution is 7.98. The Labute approximate surface area is 75.5 Å². The number of carbonyl (C=O) groups is 2. The van der Waals surface area contributed by atoms with Crippen LogP contribution in [0.1, 0.15) is 6.42 Å². The fourth-order valence-electron chi connectivity index (χ4n) is 1.05. The molecule has 4 nitrogen and oxygen atoms in total. The Morgan fingerprint density at radius 2 is 2.42 bits per heavy atom. The molecule has 2 amide bonds. The summed E-state index contributed by atoms with van der Waals surface area (Å²) in [7, 11) is 0. The van der Waals surface area contributed by atoms with E-state index in [2.05, 4.69) is 10.6 Å². The van der Waals surface area contributed by atoms with Crippen molar-refractivity contribution in [2.75, 3.05) is 18.6 Å². The predicted octanol–water partition coefficient (Wildman–Crippen LogP) is -0.646. The van der Waals surface area contributed by atoms with Gasteiger partial charge in [-0.2, -0.15) is 11.8 Å². The molecule has 1 aliphatic rings. The van der Waals surface area contributed by atoms with E-state index in [4.69, 9.17) is 0 Å². The van der Waals surface area contributed by atoms with E-state index in [0.717, 1.165) is 12.3 Å². The molecule has 0 spiro atoms. The molecule has 0 radical (unpaired) electrons. The molecule has 12 heavy (non-hydrogen) atoms. The Morgan fingerprint density at radius 1 is 1.67 bits per heavy atom. The van der Waals surface area contributed by atoms with Gasteiger partial charge in [-0.15, -0.1) is 0 Å². The number of nitrogens with one attached hydrogen (secondary N) is 2. The number of thioether (sulfide) groups is 1. The number of amides is 2. The van der Waals surface area contributed by atoms with Gasteiger partial charge in [-0.05, 0) is 6.26 Å². The molecule has 1 fully saturated rings. The van der Waals surface area contributed by atoms with Crippen LogP contribution in [0.2, 0.25) is 0 Å². The van der Waals surface area contributed by atoms with Gasteiger partial charge >= 0.3 is 0 Å². The second kappa shape index (κ2) is 4.47. The first kappa shape index (κ1) is 9.54. The maximum atomic E-state index is 11.0. The fraction of sp³-hybridized carbons (Fsp3) is 0.714. The molecule has 68 valence electrons. The van der Waals surface area contributed by atoms with E-state index in [0.29, 0.717) is 0 Å². The lowest BCUT2D eigenvalue weighted by atomic mass is 10.2. The molecular weight excluding hydrogens is 176 g/mol. The lowest BCUT2D eigenvalue weighted by Crippen LogP contribution is -2.37.